The number of benzene rings is 2. The van der Waals surface area contributed by atoms with Gasteiger partial charge in [-0.2, -0.15) is 18.4 Å². The summed E-state index contributed by atoms with van der Waals surface area (Å²) in [5.74, 6) is 0.0911. The molecule has 0 unspecified atom stereocenters. The van der Waals surface area contributed by atoms with E-state index >= 15 is 0 Å². The Morgan fingerprint density at radius 1 is 1.09 bits per heavy atom. The monoisotopic (exact) mass is 456 g/mol. The molecule has 0 atom stereocenters. The molecular weight excluding hydrogens is 437 g/mol. The highest BCUT2D eigenvalue weighted by Gasteiger charge is 2.36. The first-order valence-electron chi connectivity index (χ1n) is 9.95. The van der Waals surface area contributed by atoms with E-state index in [1.54, 1.807) is 37.3 Å². The third kappa shape index (κ3) is 3.96. The van der Waals surface area contributed by atoms with Crippen molar-refractivity contribution in [2.75, 3.05) is 0 Å². The number of hydrogen-bond acceptors (Lipinski definition) is 3. The number of nitrogens with zero attached hydrogens (tertiary/aromatic N) is 2. The minimum Gasteiger partial charge on any atom is -0.317 e. The molecule has 1 heterocycles. The van der Waals surface area contributed by atoms with Crippen molar-refractivity contribution in [3.8, 4) is 11.8 Å². The number of rotatable bonds is 5. The SMILES string of the molecule is Cc1c(/C=C(\C#N)S(=O)(=O)c2ccccc2)cc(C2CC2)n1-c1ccccc1C(F)(F)F. The number of allylic oxidation sites excluding steroid dienone is 1. The Morgan fingerprint density at radius 2 is 1.72 bits per heavy atom. The Bertz CT molecular complexity index is 1340. The number of nitriles is 1. The first kappa shape index (κ1) is 21.9. The molecule has 0 N–H and O–H groups in total. The van der Waals surface area contributed by atoms with E-state index in [1.165, 1.54) is 41.0 Å². The van der Waals surface area contributed by atoms with Crippen LogP contribution in [0.25, 0.3) is 11.8 Å². The van der Waals surface area contributed by atoms with Crippen LogP contribution in [0.4, 0.5) is 13.2 Å². The summed E-state index contributed by atoms with van der Waals surface area (Å²) < 4.78 is 68.4. The maximum atomic E-state index is 13.7. The lowest BCUT2D eigenvalue weighted by molar-refractivity contribution is -0.137. The maximum absolute atomic E-state index is 13.7. The van der Waals surface area contributed by atoms with Crippen molar-refractivity contribution < 1.29 is 21.6 Å². The average molecular weight is 456 g/mol. The number of halogens is 3. The highest BCUT2D eigenvalue weighted by atomic mass is 32.2. The summed E-state index contributed by atoms with van der Waals surface area (Å²) in [6.07, 6.45) is -1.61. The van der Waals surface area contributed by atoms with E-state index in [-0.39, 0.29) is 16.5 Å². The van der Waals surface area contributed by atoms with Gasteiger partial charge in [-0.05, 0) is 67.7 Å². The zero-order valence-corrected chi connectivity index (χ0v) is 17.9. The van der Waals surface area contributed by atoms with E-state index in [1.807, 2.05) is 0 Å². The first-order chi connectivity index (χ1) is 15.1. The van der Waals surface area contributed by atoms with Gasteiger partial charge in [-0.25, -0.2) is 8.42 Å². The number of hydrogen-bond donors (Lipinski definition) is 0. The van der Waals surface area contributed by atoms with Gasteiger partial charge in [0.2, 0.25) is 9.84 Å². The molecule has 0 radical (unpaired) electrons. The summed E-state index contributed by atoms with van der Waals surface area (Å²) in [6.45, 7) is 1.63. The number of alkyl halides is 3. The van der Waals surface area contributed by atoms with Gasteiger partial charge in [0.05, 0.1) is 16.1 Å². The lowest BCUT2D eigenvalue weighted by atomic mass is 10.1. The Morgan fingerprint density at radius 3 is 2.31 bits per heavy atom. The van der Waals surface area contributed by atoms with Gasteiger partial charge in [-0.15, -0.1) is 0 Å². The largest absolute Gasteiger partial charge is 0.418 e. The highest BCUT2D eigenvalue weighted by molar-refractivity contribution is 7.95. The van der Waals surface area contributed by atoms with Crippen LogP contribution in [0.3, 0.4) is 0 Å². The quantitative estimate of drug-likeness (QED) is 0.441. The van der Waals surface area contributed by atoms with E-state index in [4.69, 9.17) is 0 Å². The molecule has 2 aromatic carbocycles. The van der Waals surface area contributed by atoms with Crippen LogP contribution in [0, 0.1) is 18.3 Å². The van der Waals surface area contributed by atoms with Crippen LogP contribution < -0.4 is 0 Å². The first-order valence-corrected chi connectivity index (χ1v) is 11.4. The molecule has 0 aliphatic heterocycles. The summed E-state index contributed by atoms with van der Waals surface area (Å²) in [5.41, 5.74) is 0.747. The topological polar surface area (TPSA) is 62.9 Å². The zero-order valence-electron chi connectivity index (χ0n) is 17.1. The molecule has 32 heavy (non-hydrogen) atoms. The smallest absolute Gasteiger partial charge is 0.317 e. The van der Waals surface area contributed by atoms with Gasteiger partial charge in [0.25, 0.3) is 0 Å². The van der Waals surface area contributed by atoms with Crippen LogP contribution >= 0.6 is 0 Å². The molecule has 0 amide bonds. The van der Waals surface area contributed by atoms with Crippen molar-refractivity contribution in [2.45, 2.75) is 36.8 Å². The molecular formula is C24H19F3N2O2S. The molecule has 8 heteroatoms. The van der Waals surface area contributed by atoms with Gasteiger partial charge in [0, 0.05) is 11.4 Å². The molecule has 1 aliphatic carbocycles. The van der Waals surface area contributed by atoms with Crippen molar-refractivity contribution in [2.24, 2.45) is 0 Å². The van der Waals surface area contributed by atoms with Crippen molar-refractivity contribution in [3.63, 3.8) is 0 Å². The van der Waals surface area contributed by atoms with Crippen molar-refractivity contribution in [3.05, 3.63) is 88.1 Å². The summed E-state index contributed by atoms with van der Waals surface area (Å²) in [4.78, 5) is -0.481. The molecule has 1 aromatic heterocycles. The van der Waals surface area contributed by atoms with E-state index < -0.39 is 26.5 Å². The molecule has 1 aliphatic rings. The minimum atomic E-state index is -4.54. The third-order valence-electron chi connectivity index (χ3n) is 5.50. The van der Waals surface area contributed by atoms with Crippen LogP contribution in [-0.2, 0) is 16.0 Å². The van der Waals surface area contributed by atoms with Crippen LogP contribution in [0.2, 0.25) is 0 Å². The Kier molecular flexibility index (Phi) is 5.47. The normalized spacial score (nSPS) is 14.9. The molecule has 1 fully saturated rings. The summed E-state index contributed by atoms with van der Waals surface area (Å²) in [6, 6.07) is 16.3. The summed E-state index contributed by atoms with van der Waals surface area (Å²) in [7, 11) is -4.06. The van der Waals surface area contributed by atoms with Gasteiger partial charge in [0.15, 0.2) is 0 Å². The second-order valence-electron chi connectivity index (χ2n) is 7.67. The van der Waals surface area contributed by atoms with Gasteiger partial charge >= 0.3 is 6.18 Å². The van der Waals surface area contributed by atoms with E-state index in [0.29, 0.717) is 17.0 Å². The molecule has 1 saturated carbocycles. The molecule has 164 valence electrons. The lowest BCUT2D eigenvalue weighted by Crippen LogP contribution is -2.12. The van der Waals surface area contributed by atoms with E-state index in [0.717, 1.165) is 18.9 Å². The second-order valence-corrected chi connectivity index (χ2v) is 9.59. The number of aromatic nitrogens is 1. The predicted octanol–water partition coefficient (Wildman–Crippen LogP) is 6.02. The second kappa shape index (κ2) is 7.99. The average Bonchev–Trinajstić information content (AvgIpc) is 3.56. The van der Waals surface area contributed by atoms with E-state index in [9.17, 15) is 26.9 Å². The summed E-state index contributed by atoms with van der Waals surface area (Å²) in [5, 5.41) is 9.59. The number of sulfone groups is 1. The van der Waals surface area contributed by atoms with Gasteiger partial charge in [-0.1, -0.05) is 30.3 Å². The predicted molar refractivity (Wildman–Crippen MR) is 115 cm³/mol. The van der Waals surface area contributed by atoms with Crippen LogP contribution in [-0.4, -0.2) is 13.0 Å². The van der Waals surface area contributed by atoms with Crippen molar-refractivity contribution in [1.82, 2.24) is 4.57 Å². The molecule has 0 saturated heterocycles. The van der Waals surface area contributed by atoms with Crippen LogP contribution in [0.1, 0.15) is 41.3 Å². The Balaban J connectivity index is 1.90. The van der Waals surface area contributed by atoms with Crippen LogP contribution in [0.5, 0.6) is 0 Å². The maximum Gasteiger partial charge on any atom is 0.418 e. The minimum absolute atomic E-state index is 0.0107. The fourth-order valence-electron chi connectivity index (χ4n) is 3.74. The van der Waals surface area contributed by atoms with Gasteiger partial charge in [0.1, 0.15) is 11.0 Å². The zero-order chi connectivity index (χ0) is 23.1. The van der Waals surface area contributed by atoms with Crippen LogP contribution in [0.15, 0.2) is 70.5 Å². The van der Waals surface area contributed by atoms with Crippen molar-refractivity contribution >= 4 is 15.9 Å². The molecule has 4 rings (SSSR count). The Labute approximate surface area is 184 Å². The molecule has 4 nitrogen and oxygen atoms in total. The van der Waals surface area contributed by atoms with Gasteiger partial charge < -0.3 is 4.57 Å². The summed E-state index contributed by atoms with van der Waals surface area (Å²) >= 11 is 0. The highest BCUT2D eigenvalue weighted by Crippen LogP contribution is 2.45. The molecule has 0 spiro atoms. The third-order valence-corrected chi connectivity index (χ3v) is 7.18. The molecule has 0 bridgehead atoms. The van der Waals surface area contributed by atoms with Crippen molar-refractivity contribution in [1.29, 1.82) is 5.26 Å². The molecule has 3 aromatic rings. The Hall–Kier alpha value is -3.31. The van der Waals surface area contributed by atoms with E-state index in [2.05, 4.69) is 0 Å². The fourth-order valence-corrected chi connectivity index (χ4v) is 4.91. The lowest BCUT2D eigenvalue weighted by Gasteiger charge is -2.17. The number of para-hydroxylation sites is 1. The standard InChI is InChI=1S/C24H19F3N2O2S/c1-16-18(13-20(15-28)32(30,31)19-7-3-2-4-8-19)14-23(17-11-12-17)29(16)22-10-6-5-9-21(22)24(25,26)27/h2-10,13-14,17H,11-12H2,1H3/b20-13+. The fraction of sp³-hybridized carbons (Fsp3) is 0.208. The van der Waals surface area contributed by atoms with Gasteiger partial charge in [-0.3, -0.25) is 0 Å².